The molecule has 0 unspecified atom stereocenters. The lowest BCUT2D eigenvalue weighted by Gasteiger charge is -2.32. The van der Waals surface area contributed by atoms with E-state index in [9.17, 15) is 4.79 Å². The molecular formula is C12H17ClN4O. The first kappa shape index (κ1) is 13.1. The number of carbonyl (C=O) groups is 1. The number of hydrogen-bond donors (Lipinski definition) is 1. The smallest absolute Gasteiger partial charge is 0.225 e. The zero-order valence-corrected chi connectivity index (χ0v) is 10.9. The van der Waals surface area contributed by atoms with Gasteiger partial charge in [-0.25, -0.2) is 9.97 Å². The third-order valence-corrected chi connectivity index (χ3v) is 3.21. The van der Waals surface area contributed by atoms with Gasteiger partial charge in [0.1, 0.15) is 0 Å². The van der Waals surface area contributed by atoms with Crippen molar-refractivity contribution in [1.29, 1.82) is 0 Å². The molecule has 1 aliphatic heterocycles. The summed E-state index contributed by atoms with van der Waals surface area (Å²) in [7, 11) is 0. The molecule has 2 heterocycles. The molecule has 0 aromatic carbocycles. The fourth-order valence-corrected chi connectivity index (χ4v) is 2.24. The molecule has 98 valence electrons. The van der Waals surface area contributed by atoms with Crippen molar-refractivity contribution < 1.29 is 4.79 Å². The van der Waals surface area contributed by atoms with Crippen LogP contribution < -0.4 is 10.2 Å². The molecule has 1 aliphatic rings. The van der Waals surface area contributed by atoms with E-state index >= 15 is 0 Å². The Kier molecular flexibility index (Phi) is 4.75. The van der Waals surface area contributed by atoms with Gasteiger partial charge in [0.25, 0.3) is 0 Å². The SMILES string of the molecule is O=C(CCCl)NC1CCN(c2ncccn2)CC1. The molecule has 0 aliphatic carbocycles. The number of amides is 1. The Morgan fingerprint density at radius 3 is 2.67 bits per heavy atom. The van der Waals surface area contributed by atoms with Crippen molar-refractivity contribution in [2.45, 2.75) is 25.3 Å². The Labute approximate surface area is 112 Å². The lowest BCUT2D eigenvalue weighted by Crippen LogP contribution is -2.45. The molecule has 1 amide bonds. The Morgan fingerprint density at radius 1 is 1.39 bits per heavy atom. The first-order chi connectivity index (χ1) is 8.79. The summed E-state index contributed by atoms with van der Waals surface area (Å²) >= 11 is 5.53. The average Bonchev–Trinajstić information content (AvgIpc) is 2.41. The fraction of sp³-hybridized carbons (Fsp3) is 0.583. The van der Waals surface area contributed by atoms with Crippen molar-refractivity contribution in [3.05, 3.63) is 18.5 Å². The van der Waals surface area contributed by atoms with E-state index in [1.807, 2.05) is 6.07 Å². The second-order valence-corrected chi connectivity index (χ2v) is 4.69. The minimum absolute atomic E-state index is 0.0411. The number of nitrogens with zero attached hydrogens (tertiary/aromatic N) is 3. The normalized spacial score (nSPS) is 16.6. The van der Waals surface area contributed by atoms with Crippen LogP contribution in [0.4, 0.5) is 5.95 Å². The van der Waals surface area contributed by atoms with E-state index in [2.05, 4.69) is 20.2 Å². The minimum atomic E-state index is 0.0411. The highest BCUT2D eigenvalue weighted by atomic mass is 35.5. The Hall–Kier alpha value is -1.36. The first-order valence-electron chi connectivity index (χ1n) is 6.17. The maximum absolute atomic E-state index is 11.4. The molecule has 0 bridgehead atoms. The third-order valence-electron chi connectivity index (χ3n) is 3.02. The van der Waals surface area contributed by atoms with Crippen LogP contribution in [0.1, 0.15) is 19.3 Å². The molecular weight excluding hydrogens is 252 g/mol. The van der Waals surface area contributed by atoms with Gasteiger partial charge in [0.2, 0.25) is 11.9 Å². The number of carbonyl (C=O) groups excluding carboxylic acids is 1. The number of alkyl halides is 1. The van der Waals surface area contributed by atoms with Gasteiger partial charge in [-0.3, -0.25) is 4.79 Å². The van der Waals surface area contributed by atoms with Crippen molar-refractivity contribution in [2.75, 3.05) is 23.9 Å². The van der Waals surface area contributed by atoms with Crippen LogP contribution >= 0.6 is 11.6 Å². The van der Waals surface area contributed by atoms with Crippen LogP contribution in [-0.2, 0) is 4.79 Å². The van der Waals surface area contributed by atoms with Gasteiger partial charge in [-0.1, -0.05) is 0 Å². The number of rotatable bonds is 4. The Morgan fingerprint density at radius 2 is 2.06 bits per heavy atom. The number of aromatic nitrogens is 2. The van der Waals surface area contributed by atoms with Crippen LogP contribution in [0.15, 0.2) is 18.5 Å². The van der Waals surface area contributed by atoms with Crippen LogP contribution in [0.2, 0.25) is 0 Å². The molecule has 0 radical (unpaired) electrons. The van der Waals surface area contributed by atoms with Crippen molar-refractivity contribution >= 4 is 23.5 Å². The summed E-state index contributed by atoms with van der Waals surface area (Å²) in [5.41, 5.74) is 0. The molecule has 0 atom stereocenters. The summed E-state index contributed by atoms with van der Waals surface area (Å²) in [4.78, 5) is 22.0. The molecule has 1 aromatic rings. The highest BCUT2D eigenvalue weighted by Gasteiger charge is 2.21. The van der Waals surface area contributed by atoms with Gasteiger partial charge < -0.3 is 10.2 Å². The molecule has 0 spiro atoms. The summed E-state index contributed by atoms with van der Waals surface area (Å²) in [6.07, 6.45) is 5.73. The summed E-state index contributed by atoms with van der Waals surface area (Å²) in [5, 5.41) is 3.00. The van der Waals surface area contributed by atoms with Gasteiger partial charge in [-0.2, -0.15) is 0 Å². The molecule has 1 saturated heterocycles. The number of halogens is 1. The Balaban J connectivity index is 1.80. The van der Waals surface area contributed by atoms with Crippen molar-refractivity contribution in [3.63, 3.8) is 0 Å². The summed E-state index contributed by atoms with van der Waals surface area (Å²) < 4.78 is 0. The van der Waals surface area contributed by atoms with E-state index in [1.165, 1.54) is 0 Å². The molecule has 18 heavy (non-hydrogen) atoms. The predicted molar refractivity (Wildman–Crippen MR) is 70.7 cm³/mol. The standard InChI is InChI=1S/C12H17ClN4O/c13-5-2-11(18)16-10-3-8-17(9-4-10)12-14-6-1-7-15-12/h1,6-7,10H,2-5,8-9H2,(H,16,18). The van der Waals surface area contributed by atoms with Gasteiger partial charge in [0, 0.05) is 43.8 Å². The van der Waals surface area contributed by atoms with E-state index in [4.69, 9.17) is 11.6 Å². The second-order valence-electron chi connectivity index (χ2n) is 4.32. The summed E-state index contributed by atoms with van der Waals surface area (Å²) in [5.74, 6) is 1.19. The topological polar surface area (TPSA) is 58.1 Å². The Bertz CT molecular complexity index is 379. The van der Waals surface area contributed by atoms with Crippen LogP contribution in [-0.4, -0.2) is 40.9 Å². The minimum Gasteiger partial charge on any atom is -0.353 e. The lowest BCUT2D eigenvalue weighted by molar-refractivity contribution is -0.121. The van der Waals surface area contributed by atoms with Crippen LogP contribution in [0, 0.1) is 0 Å². The number of anilines is 1. The van der Waals surface area contributed by atoms with E-state index in [-0.39, 0.29) is 11.9 Å². The highest BCUT2D eigenvalue weighted by molar-refractivity contribution is 6.18. The van der Waals surface area contributed by atoms with E-state index in [0.29, 0.717) is 12.3 Å². The van der Waals surface area contributed by atoms with Crippen molar-refractivity contribution in [3.8, 4) is 0 Å². The molecule has 6 heteroatoms. The van der Waals surface area contributed by atoms with Gasteiger partial charge in [0.15, 0.2) is 0 Å². The van der Waals surface area contributed by atoms with Crippen LogP contribution in [0.3, 0.4) is 0 Å². The molecule has 1 aromatic heterocycles. The van der Waals surface area contributed by atoms with Crippen LogP contribution in [0.25, 0.3) is 0 Å². The monoisotopic (exact) mass is 268 g/mol. The van der Waals surface area contributed by atoms with E-state index in [1.54, 1.807) is 12.4 Å². The van der Waals surface area contributed by atoms with Gasteiger partial charge >= 0.3 is 0 Å². The maximum atomic E-state index is 11.4. The summed E-state index contributed by atoms with van der Waals surface area (Å²) in [6.45, 7) is 1.74. The zero-order chi connectivity index (χ0) is 12.8. The van der Waals surface area contributed by atoms with Gasteiger partial charge in [0.05, 0.1) is 0 Å². The van der Waals surface area contributed by atoms with Gasteiger partial charge in [-0.05, 0) is 18.9 Å². The molecule has 2 rings (SSSR count). The van der Waals surface area contributed by atoms with E-state index in [0.717, 1.165) is 31.9 Å². The highest BCUT2D eigenvalue weighted by Crippen LogP contribution is 2.15. The summed E-state index contributed by atoms with van der Waals surface area (Å²) in [6, 6.07) is 2.06. The molecule has 0 saturated carbocycles. The average molecular weight is 269 g/mol. The largest absolute Gasteiger partial charge is 0.353 e. The van der Waals surface area contributed by atoms with Gasteiger partial charge in [-0.15, -0.1) is 11.6 Å². The van der Waals surface area contributed by atoms with E-state index < -0.39 is 0 Å². The number of hydrogen-bond acceptors (Lipinski definition) is 4. The van der Waals surface area contributed by atoms with Crippen molar-refractivity contribution in [1.82, 2.24) is 15.3 Å². The lowest BCUT2D eigenvalue weighted by atomic mass is 10.1. The predicted octanol–water partition coefficient (Wildman–Crippen LogP) is 1.19. The first-order valence-corrected chi connectivity index (χ1v) is 6.70. The molecule has 5 nitrogen and oxygen atoms in total. The number of piperidine rings is 1. The zero-order valence-electron chi connectivity index (χ0n) is 10.2. The van der Waals surface area contributed by atoms with Crippen LogP contribution in [0.5, 0.6) is 0 Å². The molecule has 1 fully saturated rings. The molecule has 1 N–H and O–H groups in total. The fourth-order valence-electron chi connectivity index (χ4n) is 2.06. The quantitative estimate of drug-likeness (QED) is 0.834. The number of nitrogens with one attached hydrogen (secondary N) is 1. The maximum Gasteiger partial charge on any atom is 0.225 e. The second kappa shape index (κ2) is 6.54. The third kappa shape index (κ3) is 3.57. The van der Waals surface area contributed by atoms with Crippen molar-refractivity contribution in [2.24, 2.45) is 0 Å².